The van der Waals surface area contributed by atoms with E-state index in [1.165, 1.54) is 0 Å². The van der Waals surface area contributed by atoms with Crippen molar-refractivity contribution in [2.45, 2.75) is 12.2 Å². The Morgan fingerprint density at radius 2 is 2.50 bits per heavy atom. The molecule has 0 bridgehead atoms. The summed E-state index contributed by atoms with van der Waals surface area (Å²) < 4.78 is 10.8. The molecule has 0 aromatic heterocycles. The highest BCUT2D eigenvalue weighted by molar-refractivity contribution is 5.04. The molecule has 0 radical (unpaired) electrons. The lowest BCUT2D eigenvalue weighted by Crippen LogP contribution is -2.25. The Hall–Kier alpha value is -0.860. The van der Waals surface area contributed by atoms with Crippen LogP contribution in [-0.2, 0) is 9.47 Å². The van der Waals surface area contributed by atoms with Crippen molar-refractivity contribution in [3.63, 3.8) is 0 Å². The lowest BCUT2D eigenvalue weighted by molar-refractivity contribution is -0.00112. The monoisotopic (exact) mass is 166 g/mol. The molecule has 2 atom stereocenters. The van der Waals surface area contributed by atoms with E-state index in [9.17, 15) is 0 Å². The van der Waals surface area contributed by atoms with Crippen LogP contribution in [0.2, 0.25) is 0 Å². The average Bonchev–Trinajstić information content (AvgIpc) is 2.59. The maximum absolute atomic E-state index is 5.41. The molecule has 0 fully saturated rings. The number of hydrogen-bond donors (Lipinski definition) is 0. The van der Waals surface area contributed by atoms with Crippen LogP contribution >= 0.6 is 0 Å². The van der Waals surface area contributed by atoms with Gasteiger partial charge in [0.25, 0.3) is 0 Å². The highest BCUT2D eigenvalue weighted by atomic mass is 16.5. The summed E-state index contributed by atoms with van der Waals surface area (Å²) in [6.45, 7) is 8.47. The van der Waals surface area contributed by atoms with Crippen molar-refractivity contribution >= 4 is 0 Å². The molecule has 0 aliphatic carbocycles. The quantitative estimate of drug-likeness (QED) is 0.579. The molecule has 2 heteroatoms. The molecule has 1 heterocycles. The van der Waals surface area contributed by atoms with E-state index in [1.807, 2.05) is 12.2 Å². The van der Waals surface area contributed by atoms with Gasteiger partial charge < -0.3 is 9.47 Å². The Balaban J connectivity index is 2.37. The van der Waals surface area contributed by atoms with Gasteiger partial charge in [-0.25, -0.2) is 0 Å². The van der Waals surface area contributed by atoms with Gasteiger partial charge in [0.2, 0.25) is 0 Å². The lowest BCUT2D eigenvalue weighted by atomic mass is 10.2. The van der Waals surface area contributed by atoms with E-state index < -0.39 is 0 Å². The van der Waals surface area contributed by atoms with Gasteiger partial charge in [-0.05, 0) is 0 Å². The van der Waals surface area contributed by atoms with Crippen LogP contribution in [0.3, 0.4) is 0 Å². The second kappa shape index (κ2) is 4.91. The molecule has 0 aromatic rings. The van der Waals surface area contributed by atoms with Crippen molar-refractivity contribution in [1.29, 1.82) is 0 Å². The molecule has 66 valence electrons. The third-order valence-corrected chi connectivity index (χ3v) is 1.67. The van der Waals surface area contributed by atoms with Crippen LogP contribution in [0.5, 0.6) is 0 Å². The van der Waals surface area contributed by atoms with Gasteiger partial charge in [-0.2, -0.15) is 0 Å². The van der Waals surface area contributed by atoms with Crippen LogP contribution in [0.25, 0.3) is 0 Å². The van der Waals surface area contributed by atoms with Crippen molar-refractivity contribution in [3.8, 4) is 0 Å². The molecule has 0 saturated heterocycles. The van der Waals surface area contributed by atoms with Crippen LogP contribution in [0, 0.1) is 0 Å². The standard InChI is InChI=1S/C10H14O2/c1-3-7-11-9(4-2)10-6-5-8-12-10/h3-6,9-10H,1-2,7-8H2/t9-,10-/m1/s1. The third kappa shape index (κ3) is 2.32. The van der Waals surface area contributed by atoms with Crippen LogP contribution in [0.4, 0.5) is 0 Å². The van der Waals surface area contributed by atoms with Crippen molar-refractivity contribution in [3.05, 3.63) is 37.5 Å². The predicted molar refractivity (Wildman–Crippen MR) is 49.0 cm³/mol. The summed E-state index contributed by atoms with van der Waals surface area (Å²) in [5, 5.41) is 0. The van der Waals surface area contributed by atoms with Crippen LogP contribution in [-0.4, -0.2) is 25.4 Å². The van der Waals surface area contributed by atoms with E-state index in [2.05, 4.69) is 13.2 Å². The second-order valence-corrected chi connectivity index (χ2v) is 2.55. The topological polar surface area (TPSA) is 18.5 Å². The molecule has 1 aliphatic rings. The molecule has 1 rings (SSSR count). The fraction of sp³-hybridized carbons (Fsp3) is 0.400. The maximum Gasteiger partial charge on any atom is 0.106 e. The van der Waals surface area contributed by atoms with Gasteiger partial charge in [0.15, 0.2) is 0 Å². The largest absolute Gasteiger partial charge is 0.367 e. The highest BCUT2D eigenvalue weighted by Crippen LogP contribution is 2.12. The van der Waals surface area contributed by atoms with Gasteiger partial charge in [0, 0.05) is 0 Å². The molecular weight excluding hydrogens is 152 g/mol. The van der Waals surface area contributed by atoms with E-state index in [-0.39, 0.29) is 12.2 Å². The Labute approximate surface area is 73.2 Å². The van der Waals surface area contributed by atoms with E-state index in [4.69, 9.17) is 9.47 Å². The SMILES string of the molecule is C=CCO[C@H](C=C)[C@H]1C=CCO1. The Morgan fingerprint density at radius 1 is 1.67 bits per heavy atom. The zero-order valence-electron chi connectivity index (χ0n) is 7.11. The first kappa shape index (κ1) is 9.23. The summed E-state index contributed by atoms with van der Waals surface area (Å²) in [5.41, 5.74) is 0. The first-order valence-electron chi connectivity index (χ1n) is 4.02. The van der Waals surface area contributed by atoms with Gasteiger partial charge in [-0.3, -0.25) is 0 Å². The Morgan fingerprint density at radius 3 is 3.00 bits per heavy atom. The molecule has 0 aromatic carbocycles. The van der Waals surface area contributed by atoms with Crippen molar-refractivity contribution < 1.29 is 9.47 Å². The zero-order chi connectivity index (χ0) is 8.81. The summed E-state index contributed by atoms with van der Waals surface area (Å²) >= 11 is 0. The first-order chi connectivity index (χ1) is 5.88. The minimum absolute atomic E-state index is 0.0300. The number of ether oxygens (including phenoxy) is 2. The molecule has 12 heavy (non-hydrogen) atoms. The Kier molecular flexibility index (Phi) is 3.77. The van der Waals surface area contributed by atoms with Gasteiger partial charge in [-0.15, -0.1) is 13.2 Å². The molecule has 0 spiro atoms. The maximum atomic E-state index is 5.41. The zero-order valence-corrected chi connectivity index (χ0v) is 7.11. The van der Waals surface area contributed by atoms with E-state index >= 15 is 0 Å². The van der Waals surface area contributed by atoms with Gasteiger partial charge in [0.1, 0.15) is 12.2 Å². The fourth-order valence-electron chi connectivity index (χ4n) is 1.09. The molecule has 0 N–H and O–H groups in total. The van der Waals surface area contributed by atoms with Crippen molar-refractivity contribution in [2.24, 2.45) is 0 Å². The number of hydrogen-bond acceptors (Lipinski definition) is 2. The number of rotatable bonds is 5. The van der Waals surface area contributed by atoms with Crippen molar-refractivity contribution in [2.75, 3.05) is 13.2 Å². The molecule has 2 nitrogen and oxygen atoms in total. The third-order valence-electron chi connectivity index (χ3n) is 1.67. The summed E-state index contributed by atoms with van der Waals surface area (Å²) in [7, 11) is 0. The van der Waals surface area contributed by atoms with E-state index in [0.717, 1.165) is 0 Å². The first-order valence-corrected chi connectivity index (χ1v) is 4.02. The summed E-state index contributed by atoms with van der Waals surface area (Å²) in [5.74, 6) is 0. The van der Waals surface area contributed by atoms with Crippen LogP contribution < -0.4 is 0 Å². The van der Waals surface area contributed by atoms with Gasteiger partial charge in [0.05, 0.1) is 13.2 Å². The summed E-state index contributed by atoms with van der Waals surface area (Å²) in [6, 6.07) is 0. The molecular formula is C10H14O2. The minimum atomic E-state index is -0.0539. The molecule has 0 saturated carbocycles. The smallest absolute Gasteiger partial charge is 0.106 e. The molecule has 1 aliphatic heterocycles. The average molecular weight is 166 g/mol. The Bertz CT molecular complexity index is 184. The van der Waals surface area contributed by atoms with Crippen molar-refractivity contribution in [1.82, 2.24) is 0 Å². The molecule has 0 unspecified atom stereocenters. The minimum Gasteiger partial charge on any atom is -0.367 e. The predicted octanol–water partition coefficient (Wildman–Crippen LogP) is 1.70. The van der Waals surface area contributed by atoms with E-state index in [0.29, 0.717) is 13.2 Å². The summed E-state index contributed by atoms with van der Waals surface area (Å²) in [4.78, 5) is 0. The normalized spacial score (nSPS) is 23.8. The van der Waals surface area contributed by atoms with E-state index in [1.54, 1.807) is 12.2 Å². The van der Waals surface area contributed by atoms with Gasteiger partial charge >= 0.3 is 0 Å². The van der Waals surface area contributed by atoms with Crippen LogP contribution in [0.15, 0.2) is 37.5 Å². The molecule has 0 amide bonds. The van der Waals surface area contributed by atoms with Gasteiger partial charge in [-0.1, -0.05) is 24.3 Å². The van der Waals surface area contributed by atoms with Crippen LogP contribution in [0.1, 0.15) is 0 Å². The summed E-state index contributed by atoms with van der Waals surface area (Å²) in [6.07, 6.45) is 7.43. The second-order valence-electron chi connectivity index (χ2n) is 2.55. The lowest BCUT2D eigenvalue weighted by Gasteiger charge is -2.17. The highest BCUT2D eigenvalue weighted by Gasteiger charge is 2.19. The fourth-order valence-corrected chi connectivity index (χ4v) is 1.09.